The van der Waals surface area contributed by atoms with Gasteiger partial charge in [0.05, 0.1) is 13.0 Å². The molecule has 5 aliphatic rings. The minimum Gasteiger partial charge on any atom is -0.383 e. The lowest BCUT2D eigenvalue weighted by Crippen LogP contribution is -2.66. The van der Waals surface area contributed by atoms with Crippen molar-refractivity contribution in [3.05, 3.63) is 34.8 Å². The van der Waals surface area contributed by atoms with Crippen LogP contribution >= 0.6 is 0 Å². The maximum Gasteiger partial charge on any atom is 0.389 e. The second-order valence-electron chi connectivity index (χ2n) is 15.3. The van der Waals surface area contributed by atoms with Crippen molar-refractivity contribution >= 4 is 17.3 Å². The monoisotopic (exact) mass is 573 g/mol. The Morgan fingerprint density at radius 1 is 1.05 bits per heavy atom. The van der Waals surface area contributed by atoms with E-state index < -0.39 is 63.9 Å². The molecular formula is C33H42F3NO4. The number of aliphatic hydroxyl groups is 1. The molecule has 0 aromatic carbocycles. The Balaban J connectivity index is 1.65. The largest absolute Gasteiger partial charge is 0.389 e. The van der Waals surface area contributed by atoms with Crippen LogP contribution in [0.2, 0.25) is 0 Å². The zero-order valence-electron chi connectivity index (χ0n) is 25.0. The summed E-state index contributed by atoms with van der Waals surface area (Å²) in [7, 11) is 0. The maximum atomic E-state index is 14.4. The van der Waals surface area contributed by atoms with Gasteiger partial charge in [-0.05, 0) is 80.1 Å². The number of ketones is 3. The SMILES string of the molecule is [C-]#[N+]C1=C[C@]2(C)C3=CC(=O)[C@@H]4[C@@H]5CC(C)(C)CC[C@]5(C(=O)CCC(F)(F)F)CC[C@@]4(C)[C@]3(C)CC[C@H]2[C@](C)(O)C1=O. The van der Waals surface area contributed by atoms with Crippen LogP contribution in [0.1, 0.15) is 99.3 Å². The number of nitrogens with zero attached hydrogens (tertiary/aromatic N) is 1. The van der Waals surface area contributed by atoms with Crippen molar-refractivity contribution in [3.63, 3.8) is 0 Å². The summed E-state index contributed by atoms with van der Waals surface area (Å²) in [5.74, 6) is -2.44. The van der Waals surface area contributed by atoms with Crippen molar-refractivity contribution < 1.29 is 32.7 Å². The van der Waals surface area contributed by atoms with Gasteiger partial charge in [0.25, 0.3) is 0 Å². The zero-order chi connectivity index (χ0) is 30.6. The fourth-order valence-corrected chi connectivity index (χ4v) is 10.3. The number of carbonyl (C=O) groups is 3. The molecule has 0 radical (unpaired) electrons. The molecule has 224 valence electrons. The van der Waals surface area contributed by atoms with Crippen molar-refractivity contribution in [2.24, 2.45) is 44.8 Å². The van der Waals surface area contributed by atoms with Gasteiger partial charge in [-0.2, -0.15) is 13.2 Å². The van der Waals surface area contributed by atoms with Crippen molar-refractivity contribution in [1.82, 2.24) is 0 Å². The van der Waals surface area contributed by atoms with Gasteiger partial charge in [0, 0.05) is 29.1 Å². The van der Waals surface area contributed by atoms with E-state index in [-0.39, 0.29) is 28.6 Å². The van der Waals surface area contributed by atoms with E-state index in [1.807, 2.05) is 6.92 Å². The normalized spacial score (nSPS) is 45.2. The van der Waals surface area contributed by atoms with Crippen molar-refractivity contribution in [2.75, 3.05) is 0 Å². The molecule has 0 aromatic rings. The van der Waals surface area contributed by atoms with Gasteiger partial charge in [0.2, 0.25) is 5.70 Å². The van der Waals surface area contributed by atoms with Crippen LogP contribution in [0.4, 0.5) is 13.2 Å². The Hall–Kier alpha value is -2.27. The summed E-state index contributed by atoms with van der Waals surface area (Å²) in [4.78, 5) is 44.6. The molecule has 5 aliphatic carbocycles. The number of hydrogen-bond acceptors (Lipinski definition) is 4. The topological polar surface area (TPSA) is 75.8 Å². The standard InChI is InChI=1S/C33H42F3NO4/c1-27(2)12-14-32(24(39)9-11-33(34,35)36)15-13-30(5)25(19(32)17-27)21(38)16-23-28(3)18-20(37-7)26(40)31(6,41)22(28)8-10-29(23,30)4/h16,18-19,22,25,41H,8-15,17H2,1-6H3/t19-,22+,25-,28-,29+,30+,31-,32-/m0/s1. The molecule has 41 heavy (non-hydrogen) atoms. The average Bonchev–Trinajstić information content (AvgIpc) is 2.85. The van der Waals surface area contributed by atoms with Crippen LogP contribution in [0.25, 0.3) is 4.85 Å². The van der Waals surface area contributed by atoms with E-state index >= 15 is 0 Å². The second kappa shape index (κ2) is 8.88. The summed E-state index contributed by atoms with van der Waals surface area (Å²) in [5, 5.41) is 11.4. The summed E-state index contributed by atoms with van der Waals surface area (Å²) in [6.45, 7) is 19.5. The molecule has 8 atom stereocenters. The van der Waals surface area contributed by atoms with E-state index in [1.165, 1.54) is 6.92 Å². The molecule has 0 unspecified atom stereocenters. The second-order valence-corrected chi connectivity index (χ2v) is 15.3. The maximum absolute atomic E-state index is 14.4. The summed E-state index contributed by atoms with van der Waals surface area (Å²) in [6.07, 6.45) is 1.15. The minimum absolute atomic E-state index is 0.119. The highest BCUT2D eigenvalue weighted by molar-refractivity contribution is 6.05. The fourth-order valence-electron chi connectivity index (χ4n) is 10.3. The van der Waals surface area contributed by atoms with Crippen LogP contribution in [0.5, 0.6) is 0 Å². The first-order valence-corrected chi connectivity index (χ1v) is 14.9. The van der Waals surface area contributed by atoms with E-state index in [1.54, 1.807) is 12.2 Å². The third-order valence-electron chi connectivity index (χ3n) is 12.7. The van der Waals surface area contributed by atoms with E-state index in [4.69, 9.17) is 6.57 Å². The number of halogens is 3. The van der Waals surface area contributed by atoms with Crippen molar-refractivity contribution in [3.8, 4) is 0 Å². The number of alkyl halides is 3. The Morgan fingerprint density at radius 3 is 2.29 bits per heavy atom. The van der Waals surface area contributed by atoms with E-state index in [0.29, 0.717) is 38.5 Å². The number of allylic oxidation sites excluding steroid dienone is 3. The number of Topliss-reactive ketones (excluding diaryl/α,β-unsaturated/α-hetero) is 2. The van der Waals surface area contributed by atoms with Crippen LogP contribution < -0.4 is 0 Å². The molecule has 8 heteroatoms. The molecule has 0 bridgehead atoms. The van der Waals surface area contributed by atoms with Crippen LogP contribution in [-0.2, 0) is 14.4 Å². The van der Waals surface area contributed by atoms with Crippen LogP contribution in [0, 0.1) is 51.4 Å². The number of fused-ring (bicyclic) bond motifs is 7. The van der Waals surface area contributed by atoms with E-state index in [2.05, 4.69) is 32.5 Å². The third kappa shape index (κ3) is 4.07. The predicted octanol–water partition coefficient (Wildman–Crippen LogP) is 7.20. The number of carbonyl (C=O) groups excluding carboxylic acids is 3. The van der Waals surface area contributed by atoms with Crippen LogP contribution in [0.3, 0.4) is 0 Å². The Morgan fingerprint density at radius 2 is 1.68 bits per heavy atom. The van der Waals surface area contributed by atoms with Crippen LogP contribution in [-0.4, -0.2) is 34.2 Å². The van der Waals surface area contributed by atoms with E-state index in [9.17, 15) is 32.7 Å². The molecule has 0 aliphatic heterocycles. The molecule has 0 spiro atoms. The minimum atomic E-state index is -4.42. The Kier molecular flexibility index (Phi) is 6.54. The van der Waals surface area contributed by atoms with Crippen molar-refractivity contribution in [1.29, 1.82) is 0 Å². The van der Waals surface area contributed by atoms with Gasteiger partial charge in [-0.25, -0.2) is 4.85 Å². The molecule has 3 saturated carbocycles. The number of hydrogen-bond donors (Lipinski definition) is 1. The molecule has 0 amide bonds. The molecule has 1 N–H and O–H groups in total. The highest BCUT2D eigenvalue weighted by Crippen LogP contribution is 2.74. The highest BCUT2D eigenvalue weighted by atomic mass is 19.4. The molecule has 5 nitrogen and oxygen atoms in total. The molecule has 3 fully saturated rings. The predicted molar refractivity (Wildman–Crippen MR) is 147 cm³/mol. The smallest absolute Gasteiger partial charge is 0.383 e. The van der Waals surface area contributed by atoms with Crippen molar-refractivity contribution in [2.45, 2.75) is 111 Å². The van der Waals surface area contributed by atoms with Gasteiger partial charge in [-0.15, -0.1) is 0 Å². The summed E-state index contributed by atoms with van der Waals surface area (Å²) < 4.78 is 39.6. The lowest BCUT2D eigenvalue weighted by Gasteiger charge is -2.69. The van der Waals surface area contributed by atoms with Gasteiger partial charge in [0.15, 0.2) is 11.6 Å². The quantitative estimate of drug-likeness (QED) is 0.363. The first kappa shape index (κ1) is 30.2. The summed E-state index contributed by atoms with van der Waals surface area (Å²) in [6, 6.07) is 0. The molecular weight excluding hydrogens is 531 g/mol. The molecule has 5 rings (SSSR count). The lowest BCUT2D eigenvalue weighted by molar-refractivity contribution is -0.182. The first-order chi connectivity index (χ1) is 18.7. The fraction of sp³-hybridized carbons (Fsp3) is 0.758. The highest BCUT2D eigenvalue weighted by Gasteiger charge is 2.71. The van der Waals surface area contributed by atoms with Gasteiger partial charge in [-0.1, -0.05) is 46.3 Å². The molecule has 0 heterocycles. The van der Waals surface area contributed by atoms with Crippen LogP contribution in [0.15, 0.2) is 23.4 Å². The first-order valence-electron chi connectivity index (χ1n) is 14.9. The Bertz CT molecular complexity index is 1320. The van der Waals surface area contributed by atoms with Gasteiger partial charge >= 0.3 is 6.18 Å². The van der Waals surface area contributed by atoms with Gasteiger partial charge in [0.1, 0.15) is 11.4 Å². The Labute approximate surface area is 240 Å². The average molecular weight is 574 g/mol. The number of rotatable bonds is 3. The lowest BCUT2D eigenvalue weighted by atomic mass is 9.34. The molecule has 0 aromatic heterocycles. The third-order valence-corrected chi connectivity index (χ3v) is 12.7. The van der Waals surface area contributed by atoms with E-state index in [0.717, 1.165) is 12.0 Å². The molecule has 0 saturated heterocycles. The summed E-state index contributed by atoms with van der Waals surface area (Å²) >= 11 is 0. The van der Waals surface area contributed by atoms with Gasteiger partial charge < -0.3 is 9.90 Å². The zero-order valence-corrected chi connectivity index (χ0v) is 25.0. The summed E-state index contributed by atoms with van der Waals surface area (Å²) in [5.41, 5.74) is -4.13. The van der Waals surface area contributed by atoms with Gasteiger partial charge in [-0.3, -0.25) is 9.59 Å².